The van der Waals surface area contributed by atoms with Gasteiger partial charge in [0.2, 0.25) is 5.91 Å². The van der Waals surface area contributed by atoms with Gasteiger partial charge in [-0.1, -0.05) is 35.3 Å². The van der Waals surface area contributed by atoms with Crippen LogP contribution in [0.3, 0.4) is 0 Å². The van der Waals surface area contributed by atoms with Crippen molar-refractivity contribution in [3.8, 4) is 17.0 Å². The molecule has 3 aromatic heterocycles. The molecule has 2 aromatic carbocycles. The Kier molecular flexibility index (Phi) is 21.5. The Morgan fingerprint density at radius 2 is 1.64 bits per heavy atom. The van der Waals surface area contributed by atoms with Crippen LogP contribution < -0.4 is 20.7 Å². The van der Waals surface area contributed by atoms with Crippen LogP contribution >= 0.6 is 23.2 Å². The number of hydrogen-bond donors (Lipinski definition) is 4. The molecule has 1 amide bonds. The average molecular weight is 958 g/mol. The third-order valence-corrected chi connectivity index (χ3v) is 12.6. The fraction of sp³-hybridized carbons (Fsp3) is 0.460. The Morgan fingerprint density at radius 3 is 2.25 bits per heavy atom. The monoisotopic (exact) mass is 956 g/mol. The molecule has 15 nitrogen and oxygen atoms in total. The minimum absolute atomic E-state index is 0.132. The minimum Gasteiger partial charge on any atom is -0.486 e. The van der Waals surface area contributed by atoms with Crippen LogP contribution in [0.2, 0.25) is 10.0 Å². The number of pyridine rings is 2. The first-order chi connectivity index (χ1) is 32.5. The molecule has 0 saturated carbocycles. The molecule has 2 aliphatic heterocycles. The Labute approximate surface area is 404 Å². The molecule has 360 valence electrons. The number of likely N-dealkylation sites (N-methyl/N-ethyl adjacent to an activating group) is 1. The standard InChI is InChI=1S/C30H35Cl2N7O2.C18H24N2O3.C2H7N/c1-4-39(30(40)20-9-12-38(3)13-10-20)14-11-34-27-8-5-21(16-35-27)29-23-15-22(6-7-26(23)36-37-29)41-19(2)28-24(31)17-33-18-25(28)32;21-12-1-2-18(14-23)19-17-5-3-15(4-6-17)16-7-9-20(10-8-16)11-13-22;1-3-2/h5-8,15-20H,4,9-14H2,1-3H3,(H,34,35)(H,36,37);3-6,12-14,16,18-19H,1-2,7-11H2;3H,1-2H3/t19-;;/m1../s1. The second kappa shape index (κ2) is 27.4. The fourth-order valence-electron chi connectivity index (χ4n) is 8.30. The van der Waals surface area contributed by atoms with Crippen molar-refractivity contribution in [1.29, 1.82) is 0 Å². The first kappa shape index (κ1) is 52.5. The maximum absolute atomic E-state index is 13.0. The lowest BCUT2D eigenvalue weighted by molar-refractivity contribution is -0.136. The number of likely N-dealkylation sites (tertiary alicyclic amines) is 2. The average Bonchev–Trinajstić information content (AvgIpc) is 3.76. The SMILES string of the molecule is CCN(CCNc1ccc(-c2n[nH]c3ccc(O[C@H](C)c4c(Cl)cncc4Cl)cc23)cn1)C(=O)C1CCN(C)CC1.CNC.O=CCCC(C=O)Nc1ccc(C2CCN(CC=O)CC2)cc1. The van der Waals surface area contributed by atoms with Crippen LogP contribution in [0, 0.1) is 5.92 Å². The number of carbonyl (C=O) groups excluding carboxylic acids is 4. The van der Waals surface area contributed by atoms with E-state index in [1.165, 1.54) is 5.56 Å². The summed E-state index contributed by atoms with van der Waals surface area (Å²) in [6, 6.07) is 17.5. The topological polar surface area (TPSA) is 178 Å². The van der Waals surface area contributed by atoms with E-state index in [9.17, 15) is 19.2 Å². The second-order valence-electron chi connectivity index (χ2n) is 16.9. The van der Waals surface area contributed by atoms with Gasteiger partial charge in [-0.2, -0.15) is 5.10 Å². The summed E-state index contributed by atoms with van der Waals surface area (Å²) in [5.74, 6) is 2.34. The van der Waals surface area contributed by atoms with Crippen molar-refractivity contribution < 1.29 is 23.9 Å². The van der Waals surface area contributed by atoms with E-state index in [2.05, 4.69) is 65.1 Å². The van der Waals surface area contributed by atoms with Crippen LogP contribution in [-0.2, 0) is 19.2 Å². The number of aldehydes is 3. The molecule has 0 spiro atoms. The number of carbonyl (C=O) groups is 4. The van der Waals surface area contributed by atoms with E-state index in [1.54, 1.807) is 18.6 Å². The number of aromatic nitrogens is 4. The lowest BCUT2D eigenvalue weighted by atomic mass is 9.89. The van der Waals surface area contributed by atoms with Crippen molar-refractivity contribution in [3.05, 3.63) is 94.4 Å². The lowest BCUT2D eigenvalue weighted by Crippen LogP contribution is -2.43. The van der Waals surface area contributed by atoms with Gasteiger partial charge in [0.25, 0.3) is 0 Å². The third kappa shape index (κ3) is 15.5. The van der Waals surface area contributed by atoms with Crippen molar-refractivity contribution in [2.24, 2.45) is 5.92 Å². The number of piperidine rings is 2. The Balaban J connectivity index is 0.000000273. The van der Waals surface area contributed by atoms with E-state index in [1.807, 2.05) is 75.3 Å². The van der Waals surface area contributed by atoms with Crippen molar-refractivity contribution in [3.63, 3.8) is 0 Å². The first-order valence-electron chi connectivity index (χ1n) is 23.1. The van der Waals surface area contributed by atoms with Crippen LogP contribution in [0.15, 0.2) is 73.2 Å². The summed E-state index contributed by atoms with van der Waals surface area (Å²) in [4.78, 5) is 60.0. The van der Waals surface area contributed by atoms with E-state index in [0.717, 1.165) is 104 Å². The highest BCUT2D eigenvalue weighted by Gasteiger charge is 2.27. The number of nitrogens with zero attached hydrogens (tertiary/aromatic N) is 6. The normalized spacial score (nSPS) is 15.5. The molecule has 67 heavy (non-hydrogen) atoms. The van der Waals surface area contributed by atoms with Gasteiger partial charge in [0.15, 0.2) is 0 Å². The van der Waals surface area contributed by atoms with Crippen LogP contribution in [0.25, 0.3) is 22.2 Å². The number of rotatable bonds is 19. The van der Waals surface area contributed by atoms with E-state index in [-0.39, 0.29) is 24.0 Å². The highest BCUT2D eigenvalue weighted by Crippen LogP contribution is 2.35. The number of amides is 1. The lowest BCUT2D eigenvalue weighted by Gasteiger charge is -2.32. The highest BCUT2D eigenvalue weighted by molar-refractivity contribution is 6.35. The predicted molar refractivity (Wildman–Crippen MR) is 268 cm³/mol. The molecular formula is C50H66Cl2N10O5. The van der Waals surface area contributed by atoms with Crippen molar-refractivity contribution in [1.82, 2.24) is 40.2 Å². The van der Waals surface area contributed by atoms with Gasteiger partial charge in [0, 0.05) is 72.8 Å². The van der Waals surface area contributed by atoms with Crippen molar-refractivity contribution >= 4 is 70.4 Å². The molecule has 17 heteroatoms. The third-order valence-electron chi connectivity index (χ3n) is 12.0. The molecule has 0 aliphatic carbocycles. The Morgan fingerprint density at radius 1 is 0.940 bits per heavy atom. The molecule has 0 bridgehead atoms. The van der Waals surface area contributed by atoms with Gasteiger partial charge in [0.05, 0.1) is 28.1 Å². The van der Waals surface area contributed by atoms with Crippen molar-refractivity contribution in [2.75, 3.05) is 84.1 Å². The summed E-state index contributed by atoms with van der Waals surface area (Å²) < 4.78 is 6.19. The van der Waals surface area contributed by atoms with Gasteiger partial charge in [-0.3, -0.25) is 19.8 Å². The maximum atomic E-state index is 13.0. The van der Waals surface area contributed by atoms with Gasteiger partial charge >= 0.3 is 0 Å². The molecule has 2 aliphatic rings. The van der Waals surface area contributed by atoms with Crippen LogP contribution in [0.4, 0.5) is 11.5 Å². The number of fused-ring (bicyclic) bond motifs is 1. The molecule has 1 unspecified atom stereocenters. The van der Waals surface area contributed by atoms with Gasteiger partial charge in [0.1, 0.15) is 42.2 Å². The molecule has 4 N–H and O–H groups in total. The molecule has 5 aromatic rings. The zero-order chi connectivity index (χ0) is 48.1. The summed E-state index contributed by atoms with van der Waals surface area (Å²) >= 11 is 12.6. The molecular weight excluding hydrogens is 892 g/mol. The van der Waals surface area contributed by atoms with E-state index >= 15 is 0 Å². The smallest absolute Gasteiger partial charge is 0.225 e. The number of benzene rings is 2. The van der Waals surface area contributed by atoms with Crippen LogP contribution in [0.1, 0.15) is 75.5 Å². The molecule has 2 fully saturated rings. The number of halogens is 2. The van der Waals surface area contributed by atoms with Gasteiger partial charge in [-0.05, 0) is 147 Å². The number of nitrogens with one attached hydrogen (secondary N) is 4. The first-order valence-corrected chi connectivity index (χ1v) is 23.9. The molecule has 2 saturated heterocycles. The largest absolute Gasteiger partial charge is 0.486 e. The number of hydrogen-bond acceptors (Lipinski definition) is 13. The number of H-pyrrole nitrogens is 1. The summed E-state index contributed by atoms with van der Waals surface area (Å²) in [5, 5.41) is 18.7. The van der Waals surface area contributed by atoms with Crippen molar-refractivity contribution in [2.45, 2.75) is 70.4 Å². The molecule has 5 heterocycles. The Hall–Kier alpha value is -5.45. The van der Waals surface area contributed by atoms with Gasteiger partial charge in [-0.15, -0.1) is 0 Å². The fourth-order valence-corrected chi connectivity index (χ4v) is 8.97. The summed E-state index contributed by atoms with van der Waals surface area (Å²) in [6.45, 7) is 10.3. The van der Waals surface area contributed by atoms with E-state index < -0.39 is 0 Å². The summed E-state index contributed by atoms with van der Waals surface area (Å²) in [5.41, 5.74) is 5.43. The van der Waals surface area contributed by atoms with Crippen LogP contribution in [-0.4, -0.2) is 139 Å². The minimum atomic E-state index is -0.374. The maximum Gasteiger partial charge on any atom is 0.225 e. The second-order valence-corrected chi connectivity index (χ2v) is 17.7. The highest BCUT2D eigenvalue weighted by atomic mass is 35.5. The Bertz CT molecular complexity index is 2280. The molecule has 7 rings (SSSR count). The number of anilines is 2. The summed E-state index contributed by atoms with van der Waals surface area (Å²) in [6.07, 6.45) is 12.1. The zero-order valence-electron chi connectivity index (χ0n) is 39.3. The number of aromatic amines is 1. The molecule has 0 radical (unpaired) electrons. The zero-order valence-corrected chi connectivity index (χ0v) is 40.9. The van der Waals surface area contributed by atoms with Crippen LogP contribution in [0.5, 0.6) is 5.75 Å². The van der Waals surface area contributed by atoms with Gasteiger partial charge < -0.3 is 44.9 Å². The van der Waals surface area contributed by atoms with E-state index in [0.29, 0.717) is 66.3 Å². The molecule has 2 atom stereocenters. The number of ether oxygens (including phenoxy) is 1. The predicted octanol–water partition coefficient (Wildman–Crippen LogP) is 7.93. The summed E-state index contributed by atoms with van der Waals surface area (Å²) in [7, 11) is 5.86. The quantitative estimate of drug-likeness (QED) is 0.0588. The van der Waals surface area contributed by atoms with Gasteiger partial charge in [-0.25, -0.2) is 4.98 Å². The van der Waals surface area contributed by atoms with E-state index in [4.69, 9.17) is 27.9 Å².